The molecule has 0 spiro atoms. The Morgan fingerprint density at radius 2 is 1.85 bits per heavy atom. The van der Waals surface area contributed by atoms with Crippen LogP contribution < -0.4 is 0 Å². The fraction of sp³-hybridized carbons (Fsp3) is 0.200. The predicted octanol–water partition coefficient (Wildman–Crippen LogP) is 4.31. The molecule has 5 heteroatoms. The van der Waals surface area contributed by atoms with Gasteiger partial charge in [-0.15, -0.1) is 11.8 Å². The highest BCUT2D eigenvalue weighted by Crippen LogP contribution is 2.23. The summed E-state index contributed by atoms with van der Waals surface area (Å²) in [5.74, 6) is -0.287. The van der Waals surface area contributed by atoms with Crippen molar-refractivity contribution < 1.29 is 13.9 Å². The fourth-order valence-corrected chi connectivity index (χ4v) is 2.87. The zero-order valence-corrected chi connectivity index (χ0v) is 12.1. The third-order valence-corrected chi connectivity index (χ3v) is 4.20. The first kappa shape index (κ1) is 15.3. The molecule has 2 aromatic rings. The zero-order valence-electron chi connectivity index (χ0n) is 10.5. The second kappa shape index (κ2) is 7.07. The van der Waals surface area contributed by atoms with Crippen molar-refractivity contribution in [2.24, 2.45) is 0 Å². The molecule has 0 aliphatic rings. The van der Waals surface area contributed by atoms with E-state index in [4.69, 9.17) is 11.6 Å². The van der Waals surface area contributed by atoms with Gasteiger partial charge in [0.25, 0.3) is 0 Å². The lowest BCUT2D eigenvalue weighted by molar-refractivity contribution is 0.200. The Balaban J connectivity index is 1.90. The Labute approximate surface area is 125 Å². The van der Waals surface area contributed by atoms with Crippen LogP contribution in [0, 0.1) is 11.6 Å². The summed E-state index contributed by atoms with van der Waals surface area (Å²) in [5.41, 5.74) is 0.695. The van der Waals surface area contributed by atoms with Gasteiger partial charge in [-0.05, 0) is 35.9 Å². The number of thioether (sulfide) groups is 1. The van der Waals surface area contributed by atoms with E-state index in [9.17, 15) is 13.9 Å². The first-order valence-electron chi connectivity index (χ1n) is 6.05. The van der Waals surface area contributed by atoms with E-state index in [0.29, 0.717) is 22.8 Å². The van der Waals surface area contributed by atoms with Gasteiger partial charge in [-0.25, -0.2) is 8.78 Å². The minimum Gasteiger partial charge on any atom is -0.392 e. The van der Waals surface area contributed by atoms with E-state index in [1.807, 2.05) is 0 Å². The van der Waals surface area contributed by atoms with Crippen molar-refractivity contribution in [1.82, 2.24) is 0 Å². The molecule has 0 radical (unpaired) electrons. The molecule has 1 N–H and O–H groups in total. The second-order valence-corrected chi connectivity index (χ2v) is 5.86. The summed E-state index contributed by atoms with van der Waals surface area (Å²) in [6.07, 6.45) is -0.298. The monoisotopic (exact) mass is 314 g/mol. The third-order valence-electron chi connectivity index (χ3n) is 2.71. The number of hydrogen-bond acceptors (Lipinski definition) is 2. The van der Waals surface area contributed by atoms with Crippen LogP contribution in [0.1, 0.15) is 5.56 Å². The normalized spacial score (nSPS) is 12.4. The van der Waals surface area contributed by atoms with Gasteiger partial charge in [-0.2, -0.15) is 0 Å². The van der Waals surface area contributed by atoms with Gasteiger partial charge in [0.2, 0.25) is 0 Å². The Morgan fingerprint density at radius 1 is 1.10 bits per heavy atom. The number of aliphatic hydroxyl groups excluding tert-OH is 1. The van der Waals surface area contributed by atoms with E-state index < -0.39 is 11.9 Å². The summed E-state index contributed by atoms with van der Waals surface area (Å²) < 4.78 is 25.9. The van der Waals surface area contributed by atoms with Crippen LogP contribution in [0.5, 0.6) is 0 Å². The van der Waals surface area contributed by atoms with E-state index in [0.717, 1.165) is 4.90 Å². The van der Waals surface area contributed by atoms with E-state index >= 15 is 0 Å². The molecule has 1 unspecified atom stereocenters. The smallest absolute Gasteiger partial charge is 0.124 e. The van der Waals surface area contributed by atoms with E-state index in [1.54, 1.807) is 18.2 Å². The lowest BCUT2D eigenvalue weighted by Gasteiger charge is -2.11. The summed E-state index contributed by atoms with van der Waals surface area (Å²) in [7, 11) is 0. The molecule has 0 amide bonds. The first-order valence-corrected chi connectivity index (χ1v) is 7.41. The average molecular weight is 315 g/mol. The summed E-state index contributed by atoms with van der Waals surface area (Å²) in [6.45, 7) is 0. The molecule has 0 aliphatic heterocycles. The molecule has 0 heterocycles. The van der Waals surface area contributed by atoms with Crippen LogP contribution >= 0.6 is 23.4 Å². The molecule has 0 saturated heterocycles. The highest BCUT2D eigenvalue weighted by Gasteiger charge is 2.10. The number of benzene rings is 2. The van der Waals surface area contributed by atoms with Crippen LogP contribution in [0.3, 0.4) is 0 Å². The predicted molar refractivity (Wildman–Crippen MR) is 78.2 cm³/mol. The molecule has 106 valence electrons. The molecule has 0 saturated carbocycles. The Hall–Kier alpha value is -1.10. The topological polar surface area (TPSA) is 20.2 Å². The van der Waals surface area contributed by atoms with Gasteiger partial charge in [0.15, 0.2) is 0 Å². The first-order chi connectivity index (χ1) is 9.54. The molecular formula is C15H13ClF2OS. The summed E-state index contributed by atoms with van der Waals surface area (Å²) >= 11 is 7.27. The van der Waals surface area contributed by atoms with E-state index in [1.165, 1.54) is 36.0 Å². The molecule has 0 aromatic heterocycles. The van der Waals surface area contributed by atoms with Gasteiger partial charge in [0, 0.05) is 22.1 Å². The largest absolute Gasteiger partial charge is 0.392 e. The quantitative estimate of drug-likeness (QED) is 0.830. The number of halogens is 3. The van der Waals surface area contributed by atoms with Crippen LogP contribution in [-0.4, -0.2) is 17.0 Å². The van der Waals surface area contributed by atoms with Crippen LogP contribution in [0.25, 0.3) is 0 Å². The average Bonchev–Trinajstić information content (AvgIpc) is 2.40. The van der Waals surface area contributed by atoms with Gasteiger partial charge < -0.3 is 5.11 Å². The molecule has 0 bridgehead atoms. The third kappa shape index (κ3) is 4.47. The highest BCUT2D eigenvalue weighted by molar-refractivity contribution is 7.99. The van der Waals surface area contributed by atoms with Crippen molar-refractivity contribution >= 4 is 23.4 Å². The Kier molecular flexibility index (Phi) is 5.40. The van der Waals surface area contributed by atoms with Crippen LogP contribution in [0.4, 0.5) is 8.78 Å². The Morgan fingerprint density at radius 3 is 2.55 bits per heavy atom. The number of hydrogen-bond donors (Lipinski definition) is 1. The lowest BCUT2D eigenvalue weighted by Crippen LogP contribution is -2.13. The number of rotatable bonds is 5. The number of aliphatic hydroxyl groups is 1. The van der Waals surface area contributed by atoms with Crippen molar-refractivity contribution in [1.29, 1.82) is 0 Å². The molecule has 20 heavy (non-hydrogen) atoms. The molecule has 1 nitrogen and oxygen atoms in total. The van der Waals surface area contributed by atoms with E-state index in [-0.39, 0.29) is 5.82 Å². The van der Waals surface area contributed by atoms with Gasteiger partial charge >= 0.3 is 0 Å². The van der Waals surface area contributed by atoms with Gasteiger partial charge in [0.05, 0.1) is 6.10 Å². The zero-order chi connectivity index (χ0) is 14.5. The standard InChI is InChI=1S/C15H13ClF2OS/c16-15-8-12(18)5-4-10(15)6-13(19)9-20-14-3-1-2-11(17)7-14/h1-5,7-8,13,19H,6,9H2. The van der Waals surface area contributed by atoms with Gasteiger partial charge in [-0.1, -0.05) is 23.7 Å². The maximum absolute atomic E-state index is 13.0. The van der Waals surface area contributed by atoms with Crippen LogP contribution in [0.15, 0.2) is 47.4 Å². The summed E-state index contributed by atoms with van der Waals surface area (Å²) in [4.78, 5) is 0.759. The molecule has 0 fully saturated rings. The second-order valence-electron chi connectivity index (χ2n) is 4.36. The van der Waals surface area contributed by atoms with E-state index in [2.05, 4.69) is 0 Å². The maximum atomic E-state index is 13.0. The van der Waals surface area contributed by atoms with Crippen molar-refractivity contribution in [3.05, 3.63) is 64.7 Å². The lowest BCUT2D eigenvalue weighted by atomic mass is 10.1. The molecule has 2 rings (SSSR count). The fourth-order valence-electron chi connectivity index (χ4n) is 1.75. The molecule has 0 aliphatic carbocycles. The SMILES string of the molecule is OC(CSc1cccc(F)c1)Cc1ccc(F)cc1Cl. The van der Waals surface area contributed by atoms with Crippen molar-refractivity contribution in [2.75, 3.05) is 5.75 Å². The van der Waals surface area contributed by atoms with Crippen LogP contribution in [-0.2, 0) is 6.42 Å². The summed E-state index contributed by atoms with van der Waals surface area (Å²) in [5, 5.41) is 10.3. The van der Waals surface area contributed by atoms with Gasteiger partial charge in [-0.3, -0.25) is 0 Å². The maximum Gasteiger partial charge on any atom is 0.124 e. The summed E-state index contributed by atoms with van der Waals surface area (Å²) in [6, 6.07) is 10.3. The van der Waals surface area contributed by atoms with Crippen molar-refractivity contribution in [3.8, 4) is 0 Å². The molecule has 1 atom stereocenters. The van der Waals surface area contributed by atoms with Crippen LogP contribution in [0.2, 0.25) is 5.02 Å². The van der Waals surface area contributed by atoms with Crippen molar-refractivity contribution in [3.63, 3.8) is 0 Å². The minimum atomic E-state index is -0.633. The highest BCUT2D eigenvalue weighted by atomic mass is 35.5. The minimum absolute atomic E-state index is 0.300. The Bertz CT molecular complexity index is 592. The van der Waals surface area contributed by atoms with Gasteiger partial charge in [0.1, 0.15) is 11.6 Å². The molecule has 2 aromatic carbocycles. The molecular weight excluding hydrogens is 302 g/mol. The van der Waals surface area contributed by atoms with Crippen molar-refractivity contribution in [2.45, 2.75) is 17.4 Å².